The molecule has 94 heavy (non-hydrogen) atoms. The molecule has 0 aromatic heterocycles. The Hall–Kier alpha value is -3.76. The summed E-state index contributed by atoms with van der Waals surface area (Å²) in [5.41, 5.74) is 0. The molecule has 0 aliphatic heterocycles. The first-order valence-electron chi connectivity index (χ1n) is 36.8. The third-order valence-corrected chi connectivity index (χ3v) is 17.3. The van der Waals surface area contributed by atoms with Gasteiger partial charge in [-0.3, -0.25) is 37.3 Å². The fourth-order valence-electron chi connectivity index (χ4n) is 9.77. The molecular weight excluding hydrogens is 1230 g/mol. The van der Waals surface area contributed by atoms with Crippen molar-refractivity contribution in [3.8, 4) is 0 Å². The molecule has 0 aliphatic carbocycles. The van der Waals surface area contributed by atoms with E-state index in [1.54, 1.807) is 0 Å². The smallest absolute Gasteiger partial charge is 0.462 e. The second-order valence-electron chi connectivity index (χ2n) is 24.5. The third kappa shape index (κ3) is 66.8. The fraction of sp³-hybridized carbons (Fsp3) is 0.760. The fourth-order valence-corrected chi connectivity index (χ4v) is 11.4. The minimum absolute atomic E-state index is 0.0722. The number of aliphatic hydroxyl groups excluding tert-OH is 1. The van der Waals surface area contributed by atoms with Crippen molar-refractivity contribution in [3.63, 3.8) is 0 Å². The van der Waals surface area contributed by atoms with Gasteiger partial charge in [0.1, 0.15) is 19.3 Å². The Labute approximate surface area is 570 Å². The summed E-state index contributed by atoms with van der Waals surface area (Å²) in [4.78, 5) is 72.7. The van der Waals surface area contributed by atoms with Crippen molar-refractivity contribution in [2.45, 2.75) is 329 Å². The summed E-state index contributed by atoms with van der Waals surface area (Å²) < 4.78 is 68.3. The highest BCUT2D eigenvalue weighted by Gasteiger charge is 2.30. The van der Waals surface area contributed by atoms with E-state index >= 15 is 0 Å². The number of carbonyl (C=O) groups excluding carboxylic acids is 4. The molecule has 19 heteroatoms. The van der Waals surface area contributed by atoms with Crippen LogP contribution < -0.4 is 0 Å². The molecule has 5 unspecified atom stereocenters. The van der Waals surface area contributed by atoms with Gasteiger partial charge in [-0.2, -0.15) is 0 Å². The third-order valence-electron chi connectivity index (χ3n) is 15.4. The van der Waals surface area contributed by atoms with Gasteiger partial charge in [0, 0.05) is 25.7 Å². The van der Waals surface area contributed by atoms with Gasteiger partial charge in [0.15, 0.2) is 12.2 Å². The molecule has 0 aliphatic rings. The Kier molecular flexibility index (Phi) is 65.1. The number of phosphoric ester groups is 2. The molecule has 0 bridgehead atoms. The molecule has 0 amide bonds. The van der Waals surface area contributed by atoms with Crippen LogP contribution in [0.2, 0.25) is 0 Å². The van der Waals surface area contributed by atoms with Gasteiger partial charge in [-0.05, 0) is 116 Å². The van der Waals surface area contributed by atoms with Crippen LogP contribution >= 0.6 is 15.6 Å². The van der Waals surface area contributed by atoms with Gasteiger partial charge in [0.25, 0.3) is 0 Å². The van der Waals surface area contributed by atoms with Crippen molar-refractivity contribution in [1.82, 2.24) is 0 Å². The monoisotopic (exact) mass is 1370 g/mol. The average Bonchev–Trinajstić information content (AvgIpc) is 1.36. The normalized spacial score (nSPS) is 14.5. The van der Waals surface area contributed by atoms with Crippen molar-refractivity contribution in [2.75, 3.05) is 39.6 Å². The Balaban J connectivity index is 5.34. The van der Waals surface area contributed by atoms with Crippen LogP contribution in [0.4, 0.5) is 0 Å². The van der Waals surface area contributed by atoms with Crippen molar-refractivity contribution < 1.29 is 80.2 Å². The lowest BCUT2D eigenvalue weighted by Crippen LogP contribution is -2.30. The van der Waals surface area contributed by atoms with E-state index in [0.717, 1.165) is 167 Å². The summed E-state index contributed by atoms with van der Waals surface area (Å²) in [6.07, 6.45) is 67.3. The number of hydrogen-bond donors (Lipinski definition) is 3. The first kappa shape index (κ1) is 90.2. The number of hydrogen-bond acceptors (Lipinski definition) is 15. The molecule has 0 spiro atoms. The lowest BCUT2D eigenvalue weighted by atomic mass is 10.1. The molecule has 0 heterocycles. The van der Waals surface area contributed by atoms with Gasteiger partial charge in [-0.25, -0.2) is 9.13 Å². The maximum absolute atomic E-state index is 13.0. The first-order chi connectivity index (χ1) is 45.7. The van der Waals surface area contributed by atoms with Crippen LogP contribution in [-0.2, 0) is 65.4 Å². The Bertz CT molecular complexity index is 2120. The summed E-state index contributed by atoms with van der Waals surface area (Å²) in [7, 11) is -9.94. The molecule has 0 aromatic carbocycles. The van der Waals surface area contributed by atoms with Gasteiger partial charge in [-0.15, -0.1) is 0 Å². The molecular formula is C75H132O17P2. The lowest BCUT2D eigenvalue weighted by Gasteiger charge is -2.21. The predicted molar refractivity (Wildman–Crippen MR) is 381 cm³/mol. The van der Waals surface area contributed by atoms with E-state index in [-0.39, 0.29) is 25.7 Å². The highest BCUT2D eigenvalue weighted by molar-refractivity contribution is 7.47. The molecule has 0 saturated heterocycles. The number of aliphatic hydroxyl groups is 1. The summed E-state index contributed by atoms with van der Waals surface area (Å²) >= 11 is 0. The second-order valence-corrected chi connectivity index (χ2v) is 27.4. The van der Waals surface area contributed by atoms with Crippen LogP contribution in [0.15, 0.2) is 85.1 Å². The summed E-state index contributed by atoms with van der Waals surface area (Å²) in [5, 5.41) is 10.6. The van der Waals surface area contributed by atoms with E-state index in [9.17, 15) is 43.2 Å². The predicted octanol–water partition coefficient (Wildman–Crippen LogP) is 20.7. The topological polar surface area (TPSA) is 237 Å². The molecule has 544 valence electrons. The standard InChI is InChI=1S/C75H132O17P2/c1-5-9-13-17-21-25-29-32-34-37-41-44-48-52-56-60-73(78)86-66-71(92-75(80)62-58-54-50-46-42-38-35-33-30-26-22-18-14-10-6-2)68-90-94(83,84)88-64-69(76)63-87-93(81,82)89-67-70(91-74(79)61-57-53-49-45-39-28-24-20-16-12-8-4)65-85-72(77)59-55-51-47-43-40-36-31-27-23-19-15-11-7-3/h9-10,13-14,21-22,25-27,31-35,69-71,76H,5-8,11-12,15-20,23-24,28-30,36-68H2,1-4H3,(H,81,82)(H,83,84)/b13-9-,14-10-,25-21-,26-22-,31-27-,34-32-,35-33-. The van der Waals surface area contributed by atoms with Gasteiger partial charge in [-0.1, -0.05) is 254 Å². The van der Waals surface area contributed by atoms with Gasteiger partial charge < -0.3 is 33.8 Å². The van der Waals surface area contributed by atoms with E-state index < -0.39 is 97.5 Å². The molecule has 17 nitrogen and oxygen atoms in total. The zero-order chi connectivity index (χ0) is 69.0. The highest BCUT2D eigenvalue weighted by Crippen LogP contribution is 2.45. The number of unbranched alkanes of at least 4 members (excludes halogenated alkanes) is 29. The minimum atomic E-state index is -4.98. The van der Waals surface area contributed by atoms with Crippen LogP contribution in [-0.4, -0.2) is 96.7 Å². The van der Waals surface area contributed by atoms with Crippen LogP contribution in [0.1, 0.15) is 310 Å². The van der Waals surface area contributed by atoms with Crippen LogP contribution in [0.25, 0.3) is 0 Å². The van der Waals surface area contributed by atoms with Crippen LogP contribution in [0.5, 0.6) is 0 Å². The van der Waals surface area contributed by atoms with E-state index in [1.165, 1.54) is 64.2 Å². The van der Waals surface area contributed by atoms with Crippen molar-refractivity contribution in [1.29, 1.82) is 0 Å². The van der Waals surface area contributed by atoms with E-state index in [4.69, 9.17) is 37.0 Å². The largest absolute Gasteiger partial charge is 0.472 e. The molecule has 0 radical (unpaired) electrons. The molecule has 0 fully saturated rings. The van der Waals surface area contributed by atoms with Gasteiger partial charge in [0.05, 0.1) is 26.4 Å². The zero-order valence-electron chi connectivity index (χ0n) is 59.1. The molecule has 0 rings (SSSR count). The lowest BCUT2D eigenvalue weighted by molar-refractivity contribution is -0.161. The Morgan fingerprint density at radius 3 is 0.872 bits per heavy atom. The van der Waals surface area contributed by atoms with E-state index in [2.05, 4.69) is 113 Å². The van der Waals surface area contributed by atoms with Crippen molar-refractivity contribution in [3.05, 3.63) is 85.1 Å². The second kappa shape index (κ2) is 67.8. The summed E-state index contributed by atoms with van der Waals surface area (Å²) in [5.74, 6) is -2.21. The van der Waals surface area contributed by atoms with E-state index in [1.807, 2.05) is 0 Å². The highest BCUT2D eigenvalue weighted by atomic mass is 31.2. The maximum Gasteiger partial charge on any atom is 0.472 e. The number of ether oxygens (including phenoxy) is 4. The molecule has 3 N–H and O–H groups in total. The molecule has 0 aromatic rings. The number of rotatable bonds is 69. The number of allylic oxidation sites excluding steroid dienone is 14. The first-order valence-corrected chi connectivity index (χ1v) is 39.8. The SMILES string of the molecule is CC/C=C\C/C=C\C/C=C\CCCCCCCC(=O)OCC(COP(=O)(O)OCC(O)COP(=O)(O)OCC(COC(=O)CCCCCCC/C=C\CCCCCC)OC(=O)CCCCCCCCCCCCC)OC(=O)CCCCCCC/C=C\C/C=C\C/C=C\CC. The van der Waals surface area contributed by atoms with Crippen LogP contribution in [0.3, 0.4) is 0 Å². The minimum Gasteiger partial charge on any atom is -0.462 e. The van der Waals surface area contributed by atoms with Crippen LogP contribution in [0, 0.1) is 0 Å². The summed E-state index contributed by atoms with van der Waals surface area (Å²) in [6, 6.07) is 0. The maximum atomic E-state index is 13.0. The quantitative estimate of drug-likeness (QED) is 0.0169. The number of esters is 4. The van der Waals surface area contributed by atoms with Gasteiger partial charge >= 0.3 is 39.5 Å². The number of carbonyl (C=O) groups is 4. The summed E-state index contributed by atoms with van der Waals surface area (Å²) in [6.45, 7) is 4.59. The Morgan fingerprint density at radius 1 is 0.309 bits per heavy atom. The zero-order valence-corrected chi connectivity index (χ0v) is 60.9. The number of phosphoric acid groups is 2. The molecule has 0 saturated carbocycles. The Morgan fingerprint density at radius 2 is 0.553 bits per heavy atom. The van der Waals surface area contributed by atoms with Gasteiger partial charge in [0.2, 0.25) is 0 Å². The average molecular weight is 1370 g/mol. The van der Waals surface area contributed by atoms with E-state index in [0.29, 0.717) is 25.7 Å². The molecule has 5 atom stereocenters. The van der Waals surface area contributed by atoms with Crippen molar-refractivity contribution in [2.24, 2.45) is 0 Å². The van der Waals surface area contributed by atoms with Crippen molar-refractivity contribution >= 4 is 39.5 Å².